The van der Waals surface area contributed by atoms with E-state index in [-0.39, 0.29) is 0 Å². The highest BCUT2D eigenvalue weighted by Gasteiger charge is 2.20. The monoisotopic (exact) mass is 279 g/mol. The number of hydrogen-bond donors (Lipinski definition) is 1. The van der Waals surface area contributed by atoms with Crippen molar-refractivity contribution in [3.05, 3.63) is 65.7 Å². The molecule has 0 spiro atoms. The second-order valence-corrected chi connectivity index (χ2v) is 6.40. The summed E-state index contributed by atoms with van der Waals surface area (Å²) in [6.07, 6.45) is 6.59. The SMILES string of the molecule is CC(CC1CCC1)Nc1ccccc1Cc1ccccc1. The summed E-state index contributed by atoms with van der Waals surface area (Å²) in [5.74, 6) is 0.953. The zero-order chi connectivity index (χ0) is 14.5. The van der Waals surface area contributed by atoms with E-state index < -0.39 is 0 Å². The van der Waals surface area contributed by atoms with Gasteiger partial charge in [-0.05, 0) is 42.9 Å². The first kappa shape index (κ1) is 14.2. The lowest BCUT2D eigenvalue weighted by molar-refractivity contribution is 0.286. The summed E-state index contributed by atoms with van der Waals surface area (Å²) in [7, 11) is 0. The van der Waals surface area contributed by atoms with E-state index in [0.29, 0.717) is 6.04 Å². The quantitative estimate of drug-likeness (QED) is 0.759. The van der Waals surface area contributed by atoms with Crippen molar-refractivity contribution in [3.8, 4) is 0 Å². The average Bonchev–Trinajstić information content (AvgIpc) is 2.46. The molecular weight excluding hydrogens is 254 g/mol. The van der Waals surface area contributed by atoms with Gasteiger partial charge in [0.15, 0.2) is 0 Å². The Morgan fingerprint density at radius 1 is 1.00 bits per heavy atom. The van der Waals surface area contributed by atoms with Crippen LogP contribution in [0.15, 0.2) is 54.6 Å². The topological polar surface area (TPSA) is 12.0 Å². The summed E-state index contributed by atoms with van der Waals surface area (Å²) in [5, 5.41) is 3.73. The maximum Gasteiger partial charge on any atom is 0.0378 e. The standard InChI is InChI=1S/C20H25N/c1-16(14-17-10-7-11-17)21-20-13-6-5-12-19(20)15-18-8-3-2-4-9-18/h2-6,8-9,12-13,16-17,21H,7,10-11,14-15H2,1H3. The Hall–Kier alpha value is -1.76. The van der Waals surface area contributed by atoms with Crippen molar-refractivity contribution in [1.82, 2.24) is 0 Å². The van der Waals surface area contributed by atoms with Crippen LogP contribution in [0.4, 0.5) is 5.69 Å². The van der Waals surface area contributed by atoms with Crippen LogP contribution in [-0.2, 0) is 6.42 Å². The highest BCUT2D eigenvalue weighted by atomic mass is 14.9. The van der Waals surface area contributed by atoms with Gasteiger partial charge in [-0.2, -0.15) is 0 Å². The lowest BCUT2D eigenvalue weighted by Crippen LogP contribution is -2.23. The van der Waals surface area contributed by atoms with Crippen LogP contribution in [0, 0.1) is 5.92 Å². The molecule has 0 bridgehead atoms. The first-order chi connectivity index (χ1) is 10.3. The molecule has 3 rings (SSSR count). The molecule has 1 N–H and O–H groups in total. The first-order valence-electron chi connectivity index (χ1n) is 8.19. The van der Waals surface area contributed by atoms with Gasteiger partial charge < -0.3 is 5.32 Å². The van der Waals surface area contributed by atoms with Crippen LogP contribution in [-0.4, -0.2) is 6.04 Å². The second-order valence-electron chi connectivity index (χ2n) is 6.40. The Bertz CT molecular complexity index is 557. The summed E-state index contributed by atoms with van der Waals surface area (Å²) >= 11 is 0. The number of rotatable bonds is 6. The van der Waals surface area contributed by atoms with E-state index in [9.17, 15) is 0 Å². The summed E-state index contributed by atoms with van der Waals surface area (Å²) in [5.41, 5.74) is 4.07. The molecule has 1 saturated carbocycles. The largest absolute Gasteiger partial charge is 0.382 e. The molecule has 0 aliphatic heterocycles. The molecule has 1 fully saturated rings. The van der Waals surface area contributed by atoms with Gasteiger partial charge in [0.2, 0.25) is 0 Å². The van der Waals surface area contributed by atoms with Gasteiger partial charge in [0.05, 0.1) is 0 Å². The molecule has 0 radical (unpaired) electrons. The maximum absolute atomic E-state index is 3.73. The molecule has 0 saturated heterocycles. The third kappa shape index (κ3) is 3.87. The molecular formula is C20H25N. The van der Waals surface area contributed by atoms with Gasteiger partial charge in [-0.25, -0.2) is 0 Å². The number of hydrogen-bond acceptors (Lipinski definition) is 1. The Kier molecular flexibility index (Phi) is 4.59. The van der Waals surface area contributed by atoms with Gasteiger partial charge in [-0.3, -0.25) is 0 Å². The Morgan fingerprint density at radius 3 is 2.43 bits per heavy atom. The molecule has 1 heteroatoms. The predicted molar refractivity (Wildman–Crippen MR) is 90.7 cm³/mol. The summed E-state index contributed by atoms with van der Waals surface area (Å²) in [6.45, 7) is 2.32. The van der Waals surface area contributed by atoms with Crippen molar-refractivity contribution >= 4 is 5.69 Å². The Balaban J connectivity index is 1.67. The van der Waals surface area contributed by atoms with Gasteiger partial charge in [0, 0.05) is 11.7 Å². The molecule has 1 aliphatic carbocycles. The third-order valence-electron chi connectivity index (χ3n) is 4.57. The van der Waals surface area contributed by atoms with Gasteiger partial charge in [-0.1, -0.05) is 67.8 Å². The Morgan fingerprint density at radius 2 is 1.71 bits per heavy atom. The van der Waals surface area contributed by atoms with Crippen LogP contribution in [0.5, 0.6) is 0 Å². The average molecular weight is 279 g/mol. The molecule has 1 aliphatic rings. The molecule has 21 heavy (non-hydrogen) atoms. The van der Waals surface area contributed by atoms with E-state index in [1.54, 1.807) is 0 Å². The van der Waals surface area contributed by atoms with Crippen molar-refractivity contribution in [1.29, 1.82) is 0 Å². The lowest BCUT2D eigenvalue weighted by Gasteiger charge is -2.29. The van der Waals surface area contributed by atoms with Crippen molar-refractivity contribution in [2.45, 2.75) is 45.1 Å². The number of para-hydroxylation sites is 1. The zero-order valence-electron chi connectivity index (χ0n) is 12.9. The van der Waals surface area contributed by atoms with Gasteiger partial charge in [0.1, 0.15) is 0 Å². The van der Waals surface area contributed by atoms with Crippen molar-refractivity contribution < 1.29 is 0 Å². The summed E-state index contributed by atoms with van der Waals surface area (Å²) < 4.78 is 0. The normalized spacial score (nSPS) is 16.2. The highest BCUT2D eigenvalue weighted by molar-refractivity contribution is 5.53. The predicted octanol–water partition coefficient (Wildman–Crippen LogP) is 5.27. The van der Waals surface area contributed by atoms with Gasteiger partial charge in [-0.15, -0.1) is 0 Å². The molecule has 0 heterocycles. The number of nitrogens with one attached hydrogen (secondary N) is 1. The van der Waals surface area contributed by atoms with E-state index in [2.05, 4.69) is 66.8 Å². The third-order valence-corrected chi connectivity index (χ3v) is 4.57. The second kappa shape index (κ2) is 6.80. The minimum Gasteiger partial charge on any atom is -0.382 e. The molecule has 0 aromatic heterocycles. The molecule has 1 unspecified atom stereocenters. The van der Waals surface area contributed by atoms with Crippen molar-refractivity contribution in [2.75, 3.05) is 5.32 Å². The van der Waals surface area contributed by atoms with Crippen LogP contribution in [0.1, 0.15) is 43.7 Å². The van der Waals surface area contributed by atoms with E-state index >= 15 is 0 Å². The summed E-state index contributed by atoms with van der Waals surface area (Å²) in [4.78, 5) is 0. The smallest absolute Gasteiger partial charge is 0.0378 e. The summed E-state index contributed by atoms with van der Waals surface area (Å²) in [6, 6.07) is 20.0. The molecule has 1 nitrogen and oxygen atoms in total. The fourth-order valence-electron chi connectivity index (χ4n) is 3.18. The van der Waals surface area contributed by atoms with Crippen LogP contribution in [0.3, 0.4) is 0 Å². The Labute approximate surface area is 128 Å². The van der Waals surface area contributed by atoms with Crippen LogP contribution >= 0.6 is 0 Å². The molecule has 2 aromatic carbocycles. The maximum atomic E-state index is 3.73. The highest BCUT2D eigenvalue weighted by Crippen LogP contribution is 2.31. The van der Waals surface area contributed by atoms with E-state index in [0.717, 1.165) is 12.3 Å². The van der Waals surface area contributed by atoms with Crippen molar-refractivity contribution in [3.63, 3.8) is 0 Å². The van der Waals surface area contributed by atoms with Crippen molar-refractivity contribution in [2.24, 2.45) is 5.92 Å². The molecule has 2 aromatic rings. The van der Waals surface area contributed by atoms with E-state index in [1.807, 2.05) is 0 Å². The fraction of sp³-hybridized carbons (Fsp3) is 0.400. The van der Waals surface area contributed by atoms with Crippen LogP contribution < -0.4 is 5.32 Å². The van der Waals surface area contributed by atoms with Crippen LogP contribution in [0.25, 0.3) is 0 Å². The number of benzene rings is 2. The minimum absolute atomic E-state index is 0.562. The first-order valence-corrected chi connectivity index (χ1v) is 8.19. The van der Waals surface area contributed by atoms with E-state index in [4.69, 9.17) is 0 Å². The minimum atomic E-state index is 0.562. The fourth-order valence-corrected chi connectivity index (χ4v) is 3.18. The van der Waals surface area contributed by atoms with Gasteiger partial charge in [0.25, 0.3) is 0 Å². The molecule has 0 amide bonds. The molecule has 110 valence electrons. The van der Waals surface area contributed by atoms with E-state index in [1.165, 1.54) is 42.5 Å². The number of anilines is 1. The van der Waals surface area contributed by atoms with Crippen LogP contribution in [0.2, 0.25) is 0 Å². The molecule has 1 atom stereocenters. The van der Waals surface area contributed by atoms with Gasteiger partial charge >= 0.3 is 0 Å². The zero-order valence-corrected chi connectivity index (χ0v) is 12.9. The lowest BCUT2D eigenvalue weighted by atomic mass is 9.81.